The summed E-state index contributed by atoms with van der Waals surface area (Å²) in [5, 5.41) is 0. The van der Waals surface area contributed by atoms with Crippen molar-refractivity contribution in [3.63, 3.8) is 0 Å². The van der Waals surface area contributed by atoms with E-state index in [-0.39, 0.29) is 18.9 Å². The van der Waals surface area contributed by atoms with Crippen LogP contribution >= 0.6 is 0 Å². The quantitative estimate of drug-likeness (QED) is 0.763. The average Bonchev–Trinajstić information content (AvgIpc) is 2.50. The molecule has 0 aliphatic carbocycles. The second-order valence-electron chi connectivity index (χ2n) is 3.79. The van der Waals surface area contributed by atoms with Crippen molar-refractivity contribution >= 4 is 24.3 Å². The van der Waals surface area contributed by atoms with Crippen LogP contribution in [0, 0.1) is 0 Å². The molecule has 0 atom stereocenters. The fraction of sp³-hybridized carbons (Fsp3) is 0.364. The molecular formula is C11H14N2OSe. The van der Waals surface area contributed by atoms with Crippen LogP contribution in [0.1, 0.15) is 0 Å². The number of hydrogen-bond donors (Lipinski definition) is 0. The van der Waals surface area contributed by atoms with E-state index in [2.05, 4.69) is 11.0 Å². The van der Waals surface area contributed by atoms with Gasteiger partial charge in [0.15, 0.2) is 0 Å². The fourth-order valence-corrected chi connectivity index (χ4v) is 3.45. The number of likely N-dealkylation sites (N-methyl/N-ethyl adjacent to an activating group) is 1. The standard InChI is InChI=1S/C11H14N2OSe/c1-12(2)7-8-13-9-5-3-4-6-10(9)15-11(13)14/h3-6H,7-8H2,1-2H3. The molecule has 15 heavy (non-hydrogen) atoms. The van der Waals surface area contributed by atoms with E-state index in [9.17, 15) is 4.79 Å². The molecule has 2 aromatic rings. The molecule has 0 N–H and O–H groups in total. The van der Waals surface area contributed by atoms with Gasteiger partial charge >= 0.3 is 94.4 Å². The van der Waals surface area contributed by atoms with E-state index in [0.717, 1.165) is 18.6 Å². The third-order valence-corrected chi connectivity index (χ3v) is 4.36. The maximum absolute atomic E-state index is 11.8. The van der Waals surface area contributed by atoms with Gasteiger partial charge in [-0.1, -0.05) is 0 Å². The van der Waals surface area contributed by atoms with Gasteiger partial charge in [-0.15, -0.1) is 0 Å². The molecule has 0 spiro atoms. The normalized spacial score (nSPS) is 11.4. The first-order chi connectivity index (χ1) is 7.18. The Morgan fingerprint density at radius 3 is 2.80 bits per heavy atom. The summed E-state index contributed by atoms with van der Waals surface area (Å²) in [6.45, 7) is 1.71. The summed E-state index contributed by atoms with van der Waals surface area (Å²) in [5.74, 6) is 0. The van der Waals surface area contributed by atoms with Gasteiger partial charge in [0.05, 0.1) is 0 Å². The van der Waals surface area contributed by atoms with Crippen LogP contribution in [0.4, 0.5) is 0 Å². The first-order valence-corrected chi connectivity index (χ1v) is 6.63. The molecule has 0 aliphatic heterocycles. The van der Waals surface area contributed by atoms with Crippen molar-refractivity contribution in [1.29, 1.82) is 0 Å². The molecule has 2 rings (SSSR count). The second kappa shape index (κ2) is 4.35. The molecule has 1 aromatic heterocycles. The molecule has 4 heteroatoms. The number of rotatable bonds is 3. The van der Waals surface area contributed by atoms with Gasteiger partial charge in [-0.3, -0.25) is 0 Å². The van der Waals surface area contributed by atoms with Crippen LogP contribution in [0.2, 0.25) is 0 Å². The van der Waals surface area contributed by atoms with Crippen molar-refractivity contribution in [1.82, 2.24) is 9.47 Å². The Kier molecular flexibility index (Phi) is 3.10. The topological polar surface area (TPSA) is 25.2 Å². The molecule has 0 radical (unpaired) electrons. The number of fused-ring (bicyclic) bond motifs is 1. The Hall–Kier alpha value is -0.831. The second-order valence-corrected chi connectivity index (χ2v) is 5.87. The first kappa shape index (κ1) is 10.7. The maximum atomic E-state index is 11.8. The van der Waals surface area contributed by atoms with Crippen molar-refractivity contribution in [2.75, 3.05) is 20.6 Å². The van der Waals surface area contributed by atoms with E-state index in [1.807, 2.05) is 36.9 Å². The Bertz CT molecular complexity index is 513. The number of para-hydroxylation sites is 1. The van der Waals surface area contributed by atoms with Crippen LogP contribution in [0.15, 0.2) is 29.1 Å². The molecule has 1 aromatic carbocycles. The molecule has 80 valence electrons. The summed E-state index contributed by atoms with van der Waals surface area (Å²) < 4.78 is 3.41. The third-order valence-electron chi connectivity index (χ3n) is 2.34. The zero-order valence-corrected chi connectivity index (χ0v) is 10.6. The summed E-state index contributed by atoms with van der Waals surface area (Å²) in [4.78, 5) is 13.9. The Labute approximate surface area is 94.7 Å². The zero-order valence-electron chi connectivity index (χ0n) is 8.93. The monoisotopic (exact) mass is 270 g/mol. The zero-order chi connectivity index (χ0) is 10.8. The van der Waals surface area contributed by atoms with E-state index in [1.54, 1.807) is 0 Å². The predicted molar refractivity (Wildman–Crippen MR) is 63.7 cm³/mol. The van der Waals surface area contributed by atoms with Gasteiger partial charge in [-0.2, -0.15) is 0 Å². The minimum absolute atomic E-state index is 0.0110. The molecular weight excluding hydrogens is 255 g/mol. The molecule has 0 fully saturated rings. The Balaban J connectivity index is 2.41. The van der Waals surface area contributed by atoms with Crippen molar-refractivity contribution in [2.45, 2.75) is 6.54 Å². The van der Waals surface area contributed by atoms with Gasteiger partial charge < -0.3 is 0 Å². The van der Waals surface area contributed by atoms with Gasteiger partial charge in [0, 0.05) is 0 Å². The van der Waals surface area contributed by atoms with Crippen LogP contribution in [0.3, 0.4) is 0 Å². The van der Waals surface area contributed by atoms with Crippen molar-refractivity contribution in [2.24, 2.45) is 0 Å². The van der Waals surface area contributed by atoms with E-state index in [1.165, 1.54) is 4.26 Å². The minimum atomic E-state index is -0.0110. The van der Waals surface area contributed by atoms with E-state index < -0.39 is 0 Å². The van der Waals surface area contributed by atoms with Crippen molar-refractivity contribution in [3.05, 3.63) is 33.5 Å². The van der Waals surface area contributed by atoms with E-state index in [4.69, 9.17) is 0 Å². The van der Waals surface area contributed by atoms with Crippen LogP contribution in [-0.2, 0) is 6.54 Å². The summed E-state index contributed by atoms with van der Waals surface area (Å²) in [6, 6.07) is 8.10. The van der Waals surface area contributed by atoms with Crippen LogP contribution in [-0.4, -0.2) is 44.6 Å². The van der Waals surface area contributed by atoms with Gasteiger partial charge in [-0.05, 0) is 0 Å². The summed E-state index contributed by atoms with van der Waals surface area (Å²) in [7, 11) is 4.05. The predicted octanol–water partition coefficient (Wildman–Crippen LogP) is 0.620. The van der Waals surface area contributed by atoms with Gasteiger partial charge in [0.2, 0.25) is 0 Å². The van der Waals surface area contributed by atoms with Gasteiger partial charge in [-0.25, -0.2) is 0 Å². The number of benzene rings is 1. The SMILES string of the molecule is CN(C)CCn1c(=O)[se]c2ccccc21. The van der Waals surface area contributed by atoms with Gasteiger partial charge in [0.1, 0.15) is 0 Å². The Morgan fingerprint density at radius 1 is 1.33 bits per heavy atom. The summed E-state index contributed by atoms with van der Waals surface area (Å²) >= 11 is -0.0110. The van der Waals surface area contributed by atoms with Crippen LogP contribution < -0.4 is 4.43 Å². The summed E-state index contributed by atoms with van der Waals surface area (Å²) in [6.07, 6.45) is 0. The number of hydrogen-bond acceptors (Lipinski definition) is 2. The number of nitrogens with zero attached hydrogens (tertiary/aromatic N) is 2. The molecule has 0 saturated carbocycles. The van der Waals surface area contributed by atoms with Gasteiger partial charge in [0.25, 0.3) is 0 Å². The van der Waals surface area contributed by atoms with Crippen molar-refractivity contribution < 1.29 is 0 Å². The number of aromatic nitrogens is 1. The first-order valence-electron chi connectivity index (χ1n) is 4.91. The molecule has 0 saturated heterocycles. The summed E-state index contributed by atoms with van der Waals surface area (Å²) in [5.41, 5.74) is 1.12. The molecule has 0 aliphatic rings. The fourth-order valence-electron chi connectivity index (χ4n) is 1.53. The molecule has 0 amide bonds. The molecule has 0 bridgehead atoms. The van der Waals surface area contributed by atoms with Crippen LogP contribution in [0.25, 0.3) is 9.78 Å². The van der Waals surface area contributed by atoms with E-state index in [0.29, 0.717) is 0 Å². The van der Waals surface area contributed by atoms with Crippen molar-refractivity contribution in [3.8, 4) is 0 Å². The molecule has 3 nitrogen and oxygen atoms in total. The third kappa shape index (κ3) is 2.23. The average molecular weight is 269 g/mol. The molecule has 1 heterocycles. The van der Waals surface area contributed by atoms with Crippen LogP contribution in [0.5, 0.6) is 0 Å². The molecule has 0 unspecified atom stereocenters. The Morgan fingerprint density at radius 2 is 2.07 bits per heavy atom. The van der Waals surface area contributed by atoms with E-state index >= 15 is 0 Å².